The smallest absolute Gasteiger partial charge is 0.341 e. The molecular formula is C20H14Cl2FN3O4S. The van der Waals surface area contributed by atoms with E-state index in [-0.39, 0.29) is 26.8 Å². The van der Waals surface area contributed by atoms with Crippen molar-refractivity contribution in [2.75, 3.05) is 5.32 Å². The molecule has 0 aliphatic carbocycles. The Hall–Kier alpha value is -3.01. The van der Waals surface area contributed by atoms with E-state index in [1.54, 1.807) is 6.92 Å². The first-order valence-electron chi connectivity index (χ1n) is 8.79. The molecule has 0 bridgehead atoms. The Bertz CT molecular complexity index is 1310. The Morgan fingerprint density at radius 3 is 2.52 bits per heavy atom. The van der Waals surface area contributed by atoms with E-state index >= 15 is 0 Å². The van der Waals surface area contributed by atoms with Crippen molar-refractivity contribution in [3.05, 3.63) is 73.7 Å². The summed E-state index contributed by atoms with van der Waals surface area (Å²) in [5.41, 5.74) is -0.945. The summed E-state index contributed by atoms with van der Waals surface area (Å²) in [6.45, 7) is 2.07. The maximum Gasteiger partial charge on any atom is 0.341 e. The van der Waals surface area contributed by atoms with Gasteiger partial charge in [-0.05, 0) is 49.5 Å². The second kappa shape index (κ2) is 9.01. The molecule has 1 amide bonds. The van der Waals surface area contributed by atoms with Crippen LogP contribution in [0.25, 0.3) is 10.9 Å². The van der Waals surface area contributed by atoms with E-state index in [1.807, 2.05) is 0 Å². The molecule has 0 atom stereocenters. The number of thiocarbonyl (C=S) groups is 1. The van der Waals surface area contributed by atoms with E-state index in [9.17, 15) is 23.9 Å². The molecule has 0 unspecified atom stereocenters. The Labute approximate surface area is 190 Å². The topological polar surface area (TPSA) is 100 Å². The van der Waals surface area contributed by atoms with Crippen molar-refractivity contribution in [2.24, 2.45) is 0 Å². The third-order valence-corrected chi connectivity index (χ3v) is 5.14. The van der Waals surface area contributed by atoms with Gasteiger partial charge in [0.1, 0.15) is 11.4 Å². The van der Waals surface area contributed by atoms with Gasteiger partial charge in [-0.15, -0.1) is 0 Å². The minimum Gasteiger partial charge on any atom is -0.477 e. The number of hydrogen-bond acceptors (Lipinski definition) is 4. The number of carboxylic acid groups (broad SMARTS) is 1. The van der Waals surface area contributed by atoms with Gasteiger partial charge in [-0.3, -0.25) is 14.9 Å². The SMILES string of the molecule is CCn1cc(C(=O)O)c(=O)c2cc(F)c(NC(=S)NC(=O)c3ccc(Cl)cc3Cl)cc21. The van der Waals surface area contributed by atoms with Crippen LogP contribution in [0, 0.1) is 5.82 Å². The third-order valence-electron chi connectivity index (χ3n) is 4.39. The molecule has 2 aromatic carbocycles. The Morgan fingerprint density at radius 1 is 1.19 bits per heavy atom. The standard InChI is InChI=1S/C20H14Cl2FN3O4S/c1-2-26-8-12(19(29)30)17(27)11-6-14(23)15(7-16(11)26)24-20(31)25-18(28)10-4-3-9(21)5-13(10)22/h3-8H,2H2,1H3,(H,29,30)(H2,24,25,28,31). The van der Waals surface area contributed by atoms with Crippen LogP contribution in [0.1, 0.15) is 27.6 Å². The lowest BCUT2D eigenvalue weighted by molar-refractivity contribution is 0.0694. The molecule has 3 aromatic rings. The lowest BCUT2D eigenvalue weighted by Crippen LogP contribution is -2.34. The number of benzene rings is 2. The zero-order valence-electron chi connectivity index (χ0n) is 15.8. The molecule has 0 spiro atoms. The molecule has 1 aromatic heterocycles. The number of aryl methyl sites for hydroxylation is 1. The number of carboxylic acids is 1. The van der Waals surface area contributed by atoms with Gasteiger partial charge in [0, 0.05) is 23.2 Å². The Kier molecular flexibility index (Phi) is 6.59. The van der Waals surface area contributed by atoms with Crippen LogP contribution in [-0.2, 0) is 6.54 Å². The van der Waals surface area contributed by atoms with Crippen molar-refractivity contribution in [1.29, 1.82) is 0 Å². The number of pyridine rings is 1. The van der Waals surface area contributed by atoms with Crippen LogP contribution in [0.2, 0.25) is 10.0 Å². The average Bonchev–Trinajstić information content (AvgIpc) is 2.69. The molecular weight excluding hydrogens is 468 g/mol. The molecule has 0 aliphatic heterocycles. The number of halogens is 3. The van der Waals surface area contributed by atoms with Gasteiger partial charge in [0.25, 0.3) is 5.91 Å². The van der Waals surface area contributed by atoms with Crippen molar-refractivity contribution >= 4 is 69.0 Å². The highest BCUT2D eigenvalue weighted by Crippen LogP contribution is 2.23. The Balaban J connectivity index is 1.92. The van der Waals surface area contributed by atoms with Gasteiger partial charge in [-0.2, -0.15) is 0 Å². The van der Waals surface area contributed by atoms with Gasteiger partial charge in [-0.1, -0.05) is 23.2 Å². The first-order chi connectivity index (χ1) is 14.6. The quantitative estimate of drug-likeness (QED) is 0.480. The van der Waals surface area contributed by atoms with E-state index < -0.39 is 28.7 Å². The monoisotopic (exact) mass is 481 g/mol. The summed E-state index contributed by atoms with van der Waals surface area (Å²) >= 11 is 16.9. The predicted molar refractivity (Wildman–Crippen MR) is 121 cm³/mol. The summed E-state index contributed by atoms with van der Waals surface area (Å²) in [6.07, 6.45) is 1.19. The lowest BCUT2D eigenvalue weighted by Gasteiger charge is -2.14. The average molecular weight is 482 g/mol. The van der Waals surface area contributed by atoms with Crippen LogP contribution in [0.5, 0.6) is 0 Å². The molecule has 3 N–H and O–H groups in total. The summed E-state index contributed by atoms with van der Waals surface area (Å²) in [5.74, 6) is -2.88. The lowest BCUT2D eigenvalue weighted by atomic mass is 10.1. The first-order valence-corrected chi connectivity index (χ1v) is 9.96. The maximum absolute atomic E-state index is 14.6. The highest BCUT2D eigenvalue weighted by molar-refractivity contribution is 7.80. The highest BCUT2D eigenvalue weighted by Gasteiger charge is 2.18. The van der Waals surface area contributed by atoms with E-state index in [0.717, 1.165) is 6.07 Å². The normalized spacial score (nSPS) is 10.7. The van der Waals surface area contributed by atoms with E-state index in [2.05, 4.69) is 10.6 Å². The minimum atomic E-state index is -1.40. The number of rotatable bonds is 4. The molecule has 0 radical (unpaired) electrons. The number of nitrogens with zero attached hydrogens (tertiary/aromatic N) is 1. The fourth-order valence-corrected chi connectivity index (χ4v) is 3.61. The number of carbonyl (C=O) groups is 2. The summed E-state index contributed by atoms with van der Waals surface area (Å²) in [6, 6.07) is 6.54. The highest BCUT2D eigenvalue weighted by atomic mass is 35.5. The van der Waals surface area contributed by atoms with Gasteiger partial charge >= 0.3 is 5.97 Å². The second-order valence-corrected chi connectivity index (χ2v) is 7.60. The van der Waals surface area contributed by atoms with Crippen LogP contribution in [0.15, 0.2) is 41.3 Å². The number of anilines is 1. The Morgan fingerprint density at radius 2 is 1.90 bits per heavy atom. The van der Waals surface area contributed by atoms with Gasteiger partial charge < -0.3 is 15.0 Å². The molecule has 3 rings (SSSR count). The molecule has 0 aliphatic rings. The second-order valence-electron chi connectivity index (χ2n) is 6.34. The maximum atomic E-state index is 14.6. The minimum absolute atomic E-state index is 0.0901. The summed E-state index contributed by atoms with van der Waals surface area (Å²) < 4.78 is 16.1. The van der Waals surface area contributed by atoms with Crippen LogP contribution in [-0.4, -0.2) is 26.7 Å². The van der Waals surface area contributed by atoms with Crippen molar-refractivity contribution in [2.45, 2.75) is 13.5 Å². The van der Waals surface area contributed by atoms with Gasteiger partial charge in [0.05, 0.1) is 21.8 Å². The first kappa shape index (κ1) is 22.7. The molecule has 0 saturated heterocycles. The molecule has 0 saturated carbocycles. The third kappa shape index (κ3) is 4.68. The van der Waals surface area contributed by atoms with E-state index in [4.69, 9.17) is 35.4 Å². The number of nitrogens with one attached hydrogen (secondary N) is 2. The fraction of sp³-hybridized carbons (Fsp3) is 0.100. The molecule has 1 heterocycles. The van der Waals surface area contributed by atoms with Crippen molar-refractivity contribution in [3.8, 4) is 0 Å². The zero-order valence-corrected chi connectivity index (χ0v) is 18.2. The molecule has 31 heavy (non-hydrogen) atoms. The molecule has 160 valence electrons. The molecule has 0 fully saturated rings. The number of hydrogen-bond donors (Lipinski definition) is 3. The van der Waals surface area contributed by atoms with Gasteiger partial charge in [-0.25, -0.2) is 9.18 Å². The van der Waals surface area contributed by atoms with Crippen LogP contribution in [0.4, 0.5) is 10.1 Å². The van der Waals surface area contributed by atoms with Crippen molar-refractivity contribution in [3.63, 3.8) is 0 Å². The van der Waals surface area contributed by atoms with Crippen LogP contribution < -0.4 is 16.1 Å². The predicted octanol–water partition coefficient (Wildman–Crippen LogP) is 4.29. The van der Waals surface area contributed by atoms with Crippen LogP contribution >= 0.6 is 35.4 Å². The van der Waals surface area contributed by atoms with Crippen LogP contribution in [0.3, 0.4) is 0 Å². The van der Waals surface area contributed by atoms with E-state index in [1.165, 1.54) is 35.0 Å². The van der Waals surface area contributed by atoms with Crippen molar-refractivity contribution in [1.82, 2.24) is 9.88 Å². The summed E-state index contributed by atoms with van der Waals surface area (Å²) in [5, 5.41) is 14.3. The zero-order chi connectivity index (χ0) is 22.9. The molecule has 11 heteroatoms. The van der Waals surface area contributed by atoms with Gasteiger partial charge in [0.15, 0.2) is 5.11 Å². The largest absolute Gasteiger partial charge is 0.477 e. The molecule has 7 nitrogen and oxygen atoms in total. The van der Waals surface area contributed by atoms with Gasteiger partial charge in [0.2, 0.25) is 5.43 Å². The summed E-state index contributed by atoms with van der Waals surface area (Å²) in [7, 11) is 0. The number of amides is 1. The number of carbonyl (C=O) groups excluding carboxylic acids is 1. The number of aromatic nitrogens is 1. The number of aromatic carboxylic acids is 1. The van der Waals surface area contributed by atoms with E-state index in [0.29, 0.717) is 17.1 Å². The summed E-state index contributed by atoms with van der Waals surface area (Å²) in [4.78, 5) is 36.1. The fourth-order valence-electron chi connectivity index (χ4n) is 2.92. The number of fused-ring (bicyclic) bond motifs is 1. The van der Waals surface area contributed by atoms with Crippen molar-refractivity contribution < 1.29 is 19.1 Å².